The lowest BCUT2D eigenvalue weighted by atomic mass is 10.2. The maximum atomic E-state index is 6.14. The van der Waals surface area contributed by atoms with Gasteiger partial charge in [0.25, 0.3) is 0 Å². The SMILES string of the molecule is Cn1cccc1-c1cc(N2CC=CC=C2N)c2nccn2n1. The zero-order valence-electron chi connectivity index (χ0n) is 12.2. The molecule has 0 aliphatic carbocycles. The fourth-order valence-electron chi connectivity index (χ4n) is 2.72. The highest BCUT2D eigenvalue weighted by atomic mass is 15.3. The van der Waals surface area contributed by atoms with Crippen LogP contribution in [0.15, 0.2) is 60.8 Å². The molecular weight excluding hydrogens is 276 g/mol. The van der Waals surface area contributed by atoms with Crippen LogP contribution in [0.2, 0.25) is 0 Å². The molecule has 0 atom stereocenters. The first kappa shape index (κ1) is 12.7. The van der Waals surface area contributed by atoms with E-state index in [4.69, 9.17) is 5.73 Å². The topological polar surface area (TPSA) is 64.4 Å². The third kappa shape index (κ3) is 1.88. The molecule has 0 bridgehead atoms. The number of nitrogens with two attached hydrogens (primary N) is 1. The van der Waals surface area contributed by atoms with E-state index in [2.05, 4.69) is 16.2 Å². The van der Waals surface area contributed by atoms with Crippen molar-refractivity contribution in [2.75, 3.05) is 11.4 Å². The van der Waals surface area contributed by atoms with Crippen molar-refractivity contribution in [1.29, 1.82) is 0 Å². The van der Waals surface area contributed by atoms with E-state index < -0.39 is 0 Å². The van der Waals surface area contributed by atoms with Gasteiger partial charge in [0, 0.05) is 32.2 Å². The van der Waals surface area contributed by atoms with E-state index in [9.17, 15) is 0 Å². The normalized spacial score (nSPS) is 14.6. The van der Waals surface area contributed by atoms with Gasteiger partial charge in [-0.2, -0.15) is 5.10 Å². The predicted octanol–water partition coefficient (Wildman–Crippen LogP) is 1.91. The third-order valence-corrected chi connectivity index (χ3v) is 3.84. The summed E-state index contributed by atoms with van der Waals surface area (Å²) in [5.74, 6) is 0.705. The molecule has 6 heteroatoms. The predicted molar refractivity (Wildman–Crippen MR) is 86.2 cm³/mol. The standard InChI is InChI=1S/C16H16N6/c1-20-8-4-5-13(20)12-11-14(16-18-7-10-22(16)19-12)21-9-3-2-6-15(21)17/h2-8,10-11H,9,17H2,1H3. The van der Waals surface area contributed by atoms with E-state index in [1.165, 1.54) is 0 Å². The zero-order valence-corrected chi connectivity index (χ0v) is 12.2. The summed E-state index contributed by atoms with van der Waals surface area (Å²) in [7, 11) is 2.01. The number of hydrogen-bond acceptors (Lipinski definition) is 4. The number of nitrogens with zero attached hydrogens (tertiary/aromatic N) is 5. The largest absolute Gasteiger partial charge is 0.385 e. The number of hydrogen-bond donors (Lipinski definition) is 1. The zero-order chi connectivity index (χ0) is 15.1. The number of fused-ring (bicyclic) bond motifs is 1. The first-order valence-electron chi connectivity index (χ1n) is 7.10. The lowest BCUT2D eigenvalue weighted by Crippen LogP contribution is -2.30. The molecule has 0 amide bonds. The van der Waals surface area contributed by atoms with Crippen molar-refractivity contribution in [3.8, 4) is 11.4 Å². The minimum Gasteiger partial charge on any atom is -0.385 e. The van der Waals surface area contributed by atoms with E-state index in [0.717, 1.165) is 29.3 Å². The van der Waals surface area contributed by atoms with Gasteiger partial charge >= 0.3 is 0 Å². The van der Waals surface area contributed by atoms with Crippen molar-refractivity contribution in [1.82, 2.24) is 19.2 Å². The Hall–Kier alpha value is -3.02. The molecule has 2 N–H and O–H groups in total. The van der Waals surface area contributed by atoms with E-state index in [1.807, 2.05) is 59.3 Å². The highest BCUT2D eigenvalue weighted by Crippen LogP contribution is 2.28. The molecule has 3 aromatic rings. The van der Waals surface area contributed by atoms with Crippen molar-refractivity contribution in [3.63, 3.8) is 0 Å². The second-order valence-electron chi connectivity index (χ2n) is 5.24. The molecule has 0 fully saturated rings. The van der Waals surface area contributed by atoms with Gasteiger partial charge < -0.3 is 15.2 Å². The molecule has 6 nitrogen and oxygen atoms in total. The molecule has 0 saturated carbocycles. The second kappa shape index (κ2) is 4.77. The molecule has 110 valence electrons. The van der Waals surface area contributed by atoms with E-state index >= 15 is 0 Å². The number of rotatable bonds is 2. The van der Waals surface area contributed by atoms with Crippen LogP contribution in [-0.4, -0.2) is 25.7 Å². The van der Waals surface area contributed by atoms with Crippen LogP contribution in [0.4, 0.5) is 5.69 Å². The number of imidazole rings is 1. The fourth-order valence-corrected chi connectivity index (χ4v) is 2.72. The molecule has 0 unspecified atom stereocenters. The molecular formula is C16H16N6. The summed E-state index contributed by atoms with van der Waals surface area (Å²) in [6.07, 6.45) is 11.5. The van der Waals surface area contributed by atoms with Crippen LogP contribution in [0.5, 0.6) is 0 Å². The molecule has 4 rings (SSSR count). The number of anilines is 1. The Kier molecular flexibility index (Phi) is 2.75. The first-order valence-corrected chi connectivity index (χ1v) is 7.10. The van der Waals surface area contributed by atoms with Crippen LogP contribution < -0.4 is 10.6 Å². The smallest absolute Gasteiger partial charge is 0.177 e. The van der Waals surface area contributed by atoms with E-state index in [1.54, 1.807) is 10.7 Å². The average Bonchev–Trinajstić information content (AvgIpc) is 3.15. The minimum atomic E-state index is 0.705. The summed E-state index contributed by atoms with van der Waals surface area (Å²) in [4.78, 5) is 6.46. The molecule has 1 aliphatic heterocycles. The van der Waals surface area contributed by atoms with Crippen LogP contribution in [0.3, 0.4) is 0 Å². The Balaban J connectivity index is 1.94. The highest BCUT2D eigenvalue weighted by molar-refractivity contribution is 5.76. The first-order chi connectivity index (χ1) is 10.7. The Morgan fingerprint density at radius 2 is 2.18 bits per heavy atom. The van der Waals surface area contributed by atoms with Gasteiger partial charge in [-0.3, -0.25) is 0 Å². The monoisotopic (exact) mass is 292 g/mol. The molecule has 0 spiro atoms. The number of aromatic nitrogens is 4. The summed E-state index contributed by atoms with van der Waals surface area (Å²) in [5, 5.41) is 4.65. The molecule has 3 aromatic heterocycles. The Bertz CT molecular complexity index is 898. The van der Waals surface area contributed by atoms with E-state index in [-0.39, 0.29) is 0 Å². The Labute approximate surface area is 127 Å². The van der Waals surface area contributed by atoms with Crippen molar-refractivity contribution in [3.05, 3.63) is 60.8 Å². The van der Waals surface area contributed by atoms with Gasteiger partial charge in [-0.1, -0.05) is 12.2 Å². The molecule has 0 saturated heterocycles. The minimum absolute atomic E-state index is 0.705. The summed E-state index contributed by atoms with van der Waals surface area (Å²) < 4.78 is 3.84. The number of allylic oxidation sites excluding steroid dienone is 2. The summed E-state index contributed by atoms with van der Waals surface area (Å²) in [6.45, 7) is 0.724. The van der Waals surface area contributed by atoms with Crippen molar-refractivity contribution in [2.24, 2.45) is 12.8 Å². The van der Waals surface area contributed by atoms with Crippen LogP contribution in [0.1, 0.15) is 0 Å². The third-order valence-electron chi connectivity index (χ3n) is 3.84. The summed E-state index contributed by atoms with van der Waals surface area (Å²) in [6, 6.07) is 6.09. The molecule has 1 aliphatic rings. The van der Waals surface area contributed by atoms with Gasteiger partial charge in [0.1, 0.15) is 11.5 Å². The maximum Gasteiger partial charge on any atom is 0.177 e. The molecule has 22 heavy (non-hydrogen) atoms. The summed E-state index contributed by atoms with van der Waals surface area (Å²) in [5.41, 5.74) is 9.82. The Morgan fingerprint density at radius 3 is 2.95 bits per heavy atom. The van der Waals surface area contributed by atoms with Gasteiger partial charge in [-0.15, -0.1) is 0 Å². The maximum absolute atomic E-state index is 6.14. The molecule has 0 aromatic carbocycles. The molecule has 0 radical (unpaired) electrons. The Morgan fingerprint density at radius 1 is 1.27 bits per heavy atom. The number of aryl methyl sites for hydroxylation is 1. The highest BCUT2D eigenvalue weighted by Gasteiger charge is 2.18. The van der Waals surface area contributed by atoms with E-state index in [0.29, 0.717) is 5.82 Å². The van der Waals surface area contributed by atoms with Crippen LogP contribution in [0, 0.1) is 0 Å². The summed E-state index contributed by atoms with van der Waals surface area (Å²) >= 11 is 0. The van der Waals surface area contributed by atoms with Crippen LogP contribution >= 0.6 is 0 Å². The lowest BCUT2D eigenvalue weighted by Gasteiger charge is -2.26. The van der Waals surface area contributed by atoms with Crippen LogP contribution in [-0.2, 0) is 7.05 Å². The van der Waals surface area contributed by atoms with Crippen LogP contribution in [0.25, 0.3) is 17.0 Å². The van der Waals surface area contributed by atoms with Gasteiger partial charge in [0.15, 0.2) is 5.65 Å². The second-order valence-corrected chi connectivity index (χ2v) is 5.24. The van der Waals surface area contributed by atoms with Gasteiger partial charge in [-0.25, -0.2) is 9.50 Å². The van der Waals surface area contributed by atoms with Gasteiger partial charge in [0.05, 0.1) is 11.4 Å². The molecule has 4 heterocycles. The quantitative estimate of drug-likeness (QED) is 0.783. The lowest BCUT2D eigenvalue weighted by molar-refractivity contribution is 0.884. The van der Waals surface area contributed by atoms with Gasteiger partial charge in [0.2, 0.25) is 0 Å². The van der Waals surface area contributed by atoms with Crippen molar-refractivity contribution < 1.29 is 0 Å². The van der Waals surface area contributed by atoms with Gasteiger partial charge in [-0.05, 0) is 24.3 Å². The van der Waals surface area contributed by atoms with Crippen molar-refractivity contribution in [2.45, 2.75) is 0 Å². The van der Waals surface area contributed by atoms with Crippen molar-refractivity contribution >= 4 is 11.3 Å². The average molecular weight is 292 g/mol. The fraction of sp³-hybridized carbons (Fsp3) is 0.125.